The first kappa shape index (κ1) is 9.96. The molecule has 72 valence electrons. The van der Waals surface area contributed by atoms with Crippen molar-refractivity contribution in [2.75, 3.05) is 0 Å². The summed E-state index contributed by atoms with van der Waals surface area (Å²) >= 11 is 0. The van der Waals surface area contributed by atoms with E-state index in [1.807, 2.05) is 6.92 Å². The molecule has 0 aliphatic heterocycles. The predicted octanol–water partition coefficient (Wildman–Crippen LogP) is 1.92. The fourth-order valence-corrected chi connectivity index (χ4v) is 1.08. The Bertz CT molecular complexity index is 335. The molecule has 0 amide bonds. The highest BCUT2D eigenvalue weighted by Crippen LogP contribution is 2.31. The molecule has 1 N–H and O–H groups in total. The summed E-state index contributed by atoms with van der Waals surface area (Å²) in [4.78, 5) is 18.1. The van der Waals surface area contributed by atoms with E-state index in [2.05, 4.69) is 30.7 Å². The van der Waals surface area contributed by atoms with Crippen molar-refractivity contribution in [3.05, 3.63) is 28.4 Å². The summed E-state index contributed by atoms with van der Waals surface area (Å²) in [6.07, 6.45) is 3.18. The highest BCUT2D eigenvalue weighted by Gasteiger charge is 2.24. The Kier molecular flexibility index (Phi) is 2.55. The number of aromatic nitrogens is 2. The molecule has 1 unspecified atom stereocenters. The van der Waals surface area contributed by atoms with Crippen LogP contribution in [0.1, 0.15) is 39.3 Å². The van der Waals surface area contributed by atoms with E-state index in [-0.39, 0.29) is 16.9 Å². The van der Waals surface area contributed by atoms with Crippen molar-refractivity contribution < 1.29 is 0 Å². The molecule has 0 aliphatic carbocycles. The Morgan fingerprint density at radius 2 is 2.08 bits per heavy atom. The van der Waals surface area contributed by atoms with Gasteiger partial charge in [0.1, 0.15) is 5.69 Å². The van der Waals surface area contributed by atoms with E-state index in [1.54, 1.807) is 12.4 Å². The summed E-state index contributed by atoms with van der Waals surface area (Å²) in [5, 5.41) is 0. The van der Waals surface area contributed by atoms with Gasteiger partial charge in [-0.1, -0.05) is 27.7 Å². The van der Waals surface area contributed by atoms with Gasteiger partial charge < -0.3 is 4.98 Å². The maximum atomic E-state index is 11.4. The highest BCUT2D eigenvalue weighted by atomic mass is 16.1. The van der Waals surface area contributed by atoms with Crippen LogP contribution in [0.2, 0.25) is 0 Å². The first-order valence-corrected chi connectivity index (χ1v) is 4.46. The lowest BCUT2D eigenvalue weighted by molar-refractivity contribution is 0.332. The van der Waals surface area contributed by atoms with E-state index >= 15 is 0 Å². The largest absolute Gasteiger partial charge is 0.326 e. The lowest BCUT2D eigenvalue weighted by Crippen LogP contribution is -2.24. The molecular formula is C10H16N2O. The Morgan fingerprint density at radius 1 is 1.46 bits per heavy atom. The van der Waals surface area contributed by atoms with E-state index in [9.17, 15) is 4.79 Å². The molecule has 0 aromatic carbocycles. The Hall–Kier alpha value is -1.12. The number of aromatic amines is 1. The zero-order valence-corrected chi connectivity index (χ0v) is 8.59. The molecule has 1 rings (SSSR count). The fourth-order valence-electron chi connectivity index (χ4n) is 1.08. The molecule has 0 aliphatic rings. The third kappa shape index (κ3) is 2.17. The fraction of sp³-hybridized carbons (Fsp3) is 0.600. The first-order valence-electron chi connectivity index (χ1n) is 4.46. The molecule has 1 aromatic rings. The van der Waals surface area contributed by atoms with Gasteiger partial charge in [0.25, 0.3) is 5.56 Å². The van der Waals surface area contributed by atoms with Gasteiger partial charge in [-0.25, -0.2) is 0 Å². The van der Waals surface area contributed by atoms with Crippen molar-refractivity contribution in [3.8, 4) is 0 Å². The quantitative estimate of drug-likeness (QED) is 0.717. The highest BCUT2D eigenvalue weighted by molar-refractivity contribution is 5.06. The lowest BCUT2D eigenvalue weighted by Gasteiger charge is -2.25. The van der Waals surface area contributed by atoms with Crippen LogP contribution in [0.4, 0.5) is 0 Å². The van der Waals surface area contributed by atoms with Gasteiger partial charge in [-0.2, -0.15) is 0 Å². The van der Waals surface area contributed by atoms with Crippen molar-refractivity contribution in [2.45, 2.75) is 33.6 Å². The zero-order valence-electron chi connectivity index (χ0n) is 8.59. The van der Waals surface area contributed by atoms with Gasteiger partial charge in [-0.3, -0.25) is 9.78 Å². The topological polar surface area (TPSA) is 45.8 Å². The van der Waals surface area contributed by atoms with Crippen LogP contribution in [-0.4, -0.2) is 9.97 Å². The van der Waals surface area contributed by atoms with Gasteiger partial charge in [0.05, 0.1) is 0 Å². The molecule has 3 nitrogen and oxygen atoms in total. The van der Waals surface area contributed by atoms with Gasteiger partial charge in [0.2, 0.25) is 0 Å². The van der Waals surface area contributed by atoms with Gasteiger partial charge in [0.15, 0.2) is 0 Å². The summed E-state index contributed by atoms with van der Waals surface area (Å²) < 4.78 is 0. The van der Waals surface area contributed by atoms with Crippen LogP contribution in [0, 0.1) is 5.41 Å². The average molecular weight is 180 g/mol. The third-order valence-electron chi connectivity index (χ3n) is 2.44. The predicted molar refractivity (Wildman–Crippen MR) is 52.7 cm³/mol. The van der Waals surface area contributed by atoms with E-state index in [0.717, 1.165) is 0 Å². The molecule has 0 spiro atoms. The van der Waals surface area contributed by atoms with Crippen LogP contribution in [0.5, 0.6) is 0 Å². The minimum atomic E-state index is -0.0788. The second-order valence-corrected chi connectivity index (χ2v) is 4.39. The summed E-state index contributed by atoms with van der Waals surface area (Å²) in [6.45, 7) is 8.33. The molecule has 3 heteroatoms. The number of nitrogens with zero attached hydrogens (tertiary/aromatic N) is 1. The smallest absolute Gasteiger partial charge is 0.269 e. The molecule has 1 aromatic heterocycles. The first-order chi connectivity index (χ1) is 5.93. The van der Waals surface area contributed by atoms with Crippen LogP contribution >= 0.6 is 0 Å². The zero-order chi connectivity index (χ0) is 10.1. The normalized spacial score (nSPS) is 14.2. The van der Waals surface area contributed by atoms with Crippen LogP contribution in [0.15, 0.2) is 17.2 Å². The monoisotopic (exact) mass is 180 g/mol. The molecule has 0 radical (unpaired) electrons. The number of rotatable bonds is 1. The van der Waals surface area contributed by atoms with Crippen LogP contribution in [0.25, 0.3) is 0 Å². The maximum Gasteiger partial charge on any atom is 0.269 e. The molecule has 0 saturated heterocycles. The van der Waals surface area contributed by atoms with Crippen molar-refractivity contribution in [1.82, 2.24) is 9.97 Å². The van der Waals surface area contributed by atoms with Crippen LogP contribution < -0.4 is 5.56 Å². The molecular weight excluding hydrogens is 164 g/mol. The van der Waals surface area contributed by atoms with E-state index in [4.69, 9.17) is 0 Å². The van der Waals surface area contributed by atoms with Gasteiger partial charge in [-0.05, 0) is 5.41 Å². The number of hydrogen-bond acceptors (Lipinski definition) is 2. The molecule has 0 saturated carbocycles. The molecule has 0 fully saturated rings. The second kappa shape index (κ2) is 3.32. The second-order valence-electron chi connectivity index (χ2n) is 4.39. The van der Waals surface area contributed by atoms with Crippen LogP contribution in [-0.2, 0) is 0 Å². The average Bonchev–Trinajstić information content (AvgIpc) is 2.02. The summed E-state index contributed by atoms with van der Waals surface area (Å²) in [7, 11) is 0. The standard InChI is InChI=1S/C10H16N2O/c1-7(10(2,3)4)8-9(13)12-6-5-11-8/h5-7H,1-4H3,(H,12,13). The minimum absolute atomic E-state index is 0.0708. The van der Waals surface area contributed by atoms with Gasteiger partial charge in [0, 0.05) is 18.3 Å². The summed E-state index contributed by atoms with van der Waals surface area (Å²) in [5.41, 5.74) is 0.612. The minimum Gasteiger partial charge on any atom is -0.326 e. The number of nitrogens with one attached hydrogen (secondary N) is 1. The maximum absolute atomic E-state index is 11.4. The van der Waals surface area contributed by atoms with E-state index < -0.39 is 0 Å². The Balaban J connectivity index is 3.10. The molecule has 13 heavy (non-hydrogen) atoms. The lowest BCUT2D eigenvalue weighted by atomic mass is 9.80. The number of H-pyrrole nitrogens is 1. The summed E-state index contributed by atoms with van der Waals surface area (Å²) in [5.74, 6) is 0.164. The van der Waals surface area contributed by atoms with Crippen molar-refractivity contribution in [1.29, 1.82) is 0 Å². The number of hydrogen-bond donors (Lipinski definition) is 1. The molecule has 0 bridgehead atoms. The van der Waals surface area contributed by atoms with Crippen LogP contribution in [0.3, 0.4) is 0 Å². The van der Waals surface area contributed by atoms with E-state index in [0.29, 0.717) is 5.69 Å². The van der Waals surface area contributed by atoms with Gasteiger partial charge >= 0.3 is 0 Å². The van der Waals surface area contributed by atoms with Crippen molar-refractivity contribution in [2.24, 2.45) is 5.41 Å². The van der Waals surface area contributed by atoms with Crippen molar-refractivity contribution in [3.63, 3.8) is 0 Å². The summed E-state index contributed by atoms with van der Waals surface area (Å²) in [6, 6.07) is 0. The Morgan fingerprint density at radius 3 is 2.54 bits per heavy atom. The Labute approximate surface area is 78.2 Å². The molecule has 1 atom stereocenters. The van der Waals surface area contributed by atoms with E-state index in [1.165, 1.54) is 0 Å². The van der Waals surface area contributed by atoms with Crippen molar-refractivity contribution >= 4 is 0 Å². The third-order valence-corrected chi connectivity index (χ3v) is 2.44. The SMILES string of the molecule is CC(c1ncc[nH]c1=O)C(C)(C)C. The molecule has 1 heterocycles. The van der Waals surface area contributed by atoms with Gasteiger partial charge in [-0.15, -0.1) is 0 Å².